The zero-order chi connectivity index (χ0) is 10.9. The van der Waals surface area contributed by atoms with E-state index in [4.69, 9.17) is 5.73 Å². The van der Waals surface area contributed by atoms with E-state index in [9.17, 15) is 13.2 Å². The summed E-state index contributed by atoms with van der Waals surface area (Å²) in [5, 5.41) is 3.55. The van der Waals surface area contributed by atoms with Crippen LogP contribution in [0.25, 0.3) is 0 Å². The van der Waals surface area contributed by atoms with Gasteiger partial charge in [-0.15, -0.1) is 0 Å². The minimum atomic E-state index is -4.29. The van der Waals surface area contributed by atoms with E-state index in [-0.39, 0.29) is 4.99 Å². The quantitative estimate of drug-likeness (QED) is 0.770. The van der Waals surface area contributed by atoms with E-state index in [1.807, 2.05) is 0 Å². The maximum absolute atomic E-state index is 12.0. The van der Waals surface area contributed by atoms with E-state index < -0.39 is 12.7 Å². The Labute approximate surface area is 83.7 Å². The van der Waals surface area contributed by atoms with Crippen molar-refractivity contribution in [3.05, 3.63) is 17.5 Å². The Balaban J connectivity index is 2.96. The molecule has 14 heavy (non-hydrogen) atoms. The summed E-state index contributed by atoms with van der Waals surface area (Å²) >= 11 is 4.65. The third-order valence-electron chi connectivity index (χ3n) is 1.70. The number of alkyl halides is 3. The summed E-state index contributed by atoms with van der Waals surface area (Å²) in [5.41, 5.74) is 6.00. The first-order valence-electron chi connectivity index (χ1n) is 3.70. The topological polar surface area (TPSA) is 43.8 Å². The normalized spacial score (nSPS) is 11.7. The van der Waals surface area contributed by atoms with Crippen molar-refractivity contribution in [2.75, 3.05) is 0 Å². The van der Waals surface area contributed by atoms with Gasteiger partial charge in [0.1, 0.15) is 11.5 Å². The van der Waals surface area contributed by atoms with Crippen molar-refractivity contribution in [2.45, 2.75) is 19.6 Å². The standard InChI is InChI=1S/C7H8F3N3S/c1-4-5(6(11)14)2-12-13(4)3-7(8,9)10/h2H,3H2,1H3,(H2,11,14). The summed E-state index contributed by atoms with van der Waals surface area (Å²) in [5.74, 6) is 0. The Morgan fingerprint density at radius 3 is 2.57 bits per heavy atom. The zero-order valence-electron chi connectivity index (χ0n) is 7.30. The van der Waals surface area contributed by atoms with Crippen LogP contribution in [0.1, 0.15) is 11.3 Å². The van der Waals surface area contributed by atoms with Gasteiger partial charge in [0.25, 0.3) is 0 Å². The molecule has 0 aliphatic carbocycles. The fourth-order valence-electron chi connectivity index (χ4n) is 1.02. The van der Waals surface area contributed by atoms with Gasteiger partial charge >= 0.3 is 6.18 Å². The average Bonchev–Trinajstić information content (AvgIpc) is 2.29. The average molecular weight is 223 g/mol. The van der Waals surface area contributed by atoms with Crippen LogP contribution in [0.5, 0.6) is 0 Å². The molecule has 0 saturated carbocycles. The van der Waals surface area contributed by atoms with Gasteiger partial charge in [-0.25, -0.2) is 0 Å². The van der Waals surface area contributed by atoms with Crippen molar-refractivity contribution in [1.29, 1.82) is 0 Å². The Kier molecular flexibility index (Phi) is 2.79. The third kappa shape index (κ3) is 2.44. The van der Waals surface area contributed by atoms with Gasteiger partial charge in [0.15, 0.2) is 0 Å². The maximum Gasteiger partial charge on any atom is 0.408 e. The van der Waals surface area contributed by atoms with Crippen LogP contribution in [0.15, 0.2) is 6.20 Å². The molecule has 0 fully saturated rings. The van der Waals surface area contributed by atoms with Gasteiger partial charge in [0.05, 0.1) is 6.20 Å². The maximum atomic E-state index is 12.0. The summed E-state index contributed by atoms with van der Waals surface area (Å²) in [6.07, 6.45) is -3.05. The van der Waals surface area contributed by atoms with E-state index in [0.29, 0.717) is 11.3 Å². The van der Waals surface area contributed by atoms with Gasteiger partial charge in [-0.1, -0.05) is 12.2 Å². The van der Waals surface area contributed by atoms with Crippen LogP contribution in [0.2, 0.25) is 0 Å². The molecule has 0 radical (unpaired) electrons. The van der Waals surface area contributed by atoms with Crippen LogP contribution >= 0.6 is 12.2 Å². The number of thiocarbonyl (C=S) groups is 1. The number of aromatic nitrogens is 2. The lowest BCUT2D eigenvalue weighted by molar-refractivity contribution is -0.142. The first kappa shape index (κ1) is 11.0. The van der Waals surface area contributed by atoms with Crippen LogP contribution in [-0.4, -0.2) is 20.9 Å². The van der Waals surface area contributed by atoms with Crippen LogP contribution in [0.3, 0.4) is 0 Å². The monoisotopic (exact) mass is 223 g/mol. The fraction of sp³-hybridized carbons (Fsp3) is 0.429. The molecular formula is C7H8F3N3S. The van der Waals surface area contributed by atoms with Crippen LogP contribution < -0.4 is 5.73 Å². The number of hydrogen-bond donors (Lipinski definition) is 1. The Hall–Kier alpha value is -1.11. The number of nitrogens with two attached hydrogens (primary N) is 1. The highest BCUT2D eigenvalue weighted by molar-refractivity contribution is 7.80. The summed E-state index contributed by atoms with van der Waals surface area (Å²) < 4.78 is 36.8. The highest BCUT2D eigenvalue weighted by Crippen LogP contribution is 2.19. The SMILES string of the molecule is Cc1c(C(N)=S)cnn1CC(F)(F)F. The Morgan fingerprint density at radius 1 is 1.64 bits per heavy atom. The van der Waals surface area contributed by atoms with E-state index in [1.54, 1.807) is 0 Å². The van der Waals surface area contributed by atoms with Crippen molar-refractivity contribution in [2.24, 2.45) is 5.73 Å². The number of hydrogen-bond acceptors (Lipinski definition) is 2. The Morgan fingerprint density at radius 2 is 2.21 bits per heavy atom. The molecule has 3 nitrogen and oxygen atoms in total. The summed E-state index contributed by atoms with van der Waals surface area (Å²) in [6, 6.07) is 0. The van der Waals surface area contributed by atoms with Crippen LogP contribution in [-0.2, 0) is 6.54 Å². The minimum absolute atomic E-state index is 0.0518. The predicted octanol–water partition coefficient (Wildman–Crippen LogP) is 1.39. The van der Waals surface area contributed by atoms with E-state index in [0.717, 1.165) is 4.68 Å². The molecule has 1 aromatic heterocycles. The van der Waals surface area contributed by atoms with Crippen LogP contribution in [0.4, 0.5) is 13.2 Å². The van der Waals surface area contributed by atoms with Crippen molar-refractivity contribution < 1.29 is 13.2 Å². The largest absolute Gasteiger partial charge is 0.408 e. The molecule has 2 N–H and O–H groups in total. The summed E-state index contributed by atoms with van der Waals surface area (Å²) in [7, 11) is 0. The Bertz CT molecular complexity index is 356. The van der Waals surface area contributed by atoms with Gasteiger partial charge < -0.3 is 5.73 Å². The minimum Gasteiger partial charge on any atom is -0.389 e. The van der Waals surface area contributed by atoms with Crippen molar-refractivity contribution in [3.8, 4) is 0 Å². The molecular weight excluding hydrogens is 215 g/mol. The second-order valence-corrected chi connectivity index (χ2v) is 3.22. The smallest absolute Gasteiger partial charge is 0.389 e. The second-order valence-electron chi connectivity index (χ2n) is 2.78. The first-order chi connectivity index (χ1) is 6.31. The van der Waals surface area contributed by atoms with Crippen molar-refractivity contribution in [3.63, 3.8) is 0 Å². The molecule has 1 heterocycles. The molecule has 0 amide bonds. The molecule has 0 saturated heterocycles. The number of rotatable bonds is 2. The molecule has 1 aromatic rings. The van der Waals surface area contributed by atoms with Gasteiger partial charge in [-0.3, -0.25) is 4.68 Å². The van der Waals surface area contributed by atoms with Crippen molar-refractivity contribution in [1.82, 2.24) is 9.78 Å². The fourth-order valence-corrected chi connectivity index (χ4v) is 1.22. The molecule has 7 heteroatoms. The highest BCUT2D eigenvalue weighted by Gasteiger charge is 2.29. The van der Waals surface area contributed by atoms with Crippen molar-refractivity contribution >= 4 is 17.2 Å². The molecule has 0 unspecified atom stereocenters. The lowest BCUT2D eigenvalue weighted by Crippen LogP contribution is -2.20. The number of halogens is 3. The van der Waals surface area contributed by atoms with E-state index in [2.05, 4.69) is 17.3 Å². The number of nitrogens with zero attached hydrogens (tertiary/aromatic N) is 2. The van der Waals surface area contributed by atoms with E-state index >= 15 is 0 Å². The zero-order valence-corrected chi connectivity index (χ0v) is 8.11. The second kappa shape index (κ2) is 3.56. The third-order valence-corrected chi connectivity index (χ3v) is 1.92. The first-order valence-corrected chi connectivity index (χ1v) is 4.11. The predicted molar refractivity (Wildman–Crippen MR) is 48.9 cm³/mol. The molecule has 1 rings (SSSR count). The molecule has 0 spiro atoms. The molecule has 0 bridgehead atoms. The van der Waals surface area contributed by atoms with E-state index in [1.165, 1.54) is 13.1 Å². The summed E-state index contributed by atoms with van der Waals surface area (Å²) in [6.45, 7) is 0.370. The van der Waals surface area contributed by atoms with Gasteiger partial charge in [0.2, 0.25) is 0 Å². The molecule has 0 aliphatic rings. The van der Waals surface area contributed by atoms with Crippen LogP contribution in [0, 0.1) is 6.92 Å². The lowest BCUT2D eigenvalue weighted by Gasteiger charge is -2.08. The highest BCUT2D eigenvalue weighted by atomic mass is 32.1. The van der Waals surface area contributed by atoms with Gasteiger partial charge in [-0.2, -0.15) is 18.3 Å². The molecule has 0 atom stereocenters. The molecule has 0 aromatic carbocycles. The lowest BCUT2D eigenvalue weighted by atomic mass is 10.2. The molecule has 78 valence electrons. The summed E-state index contributed by atoms with van der Waals surface area (Å²) in [4.78, 5) is 0.0518. The van der Waals surface area contributed by atoms with Gasteiger partial charge in [-0.05, 0) is 6.92 Å². The van der Waals surface area contributed by atoms with Gasteiger partial charge in [0, 0.05) is 11.3 Å². The molecule has 0 aliphatic heterocycles.